The van der Waals surface area contributed by atoms with E-state index in [9.17, 15) is 0 Å². The number of rotatable bonds is 16. The lowest BCUT2D eigenvalue weighted by molar-refractivity contribution is 0.305. The van der Waals surface area contributed by atoms with Crippen LogP contribution >= 0.6 is 0 Å². The van der Waals surface area contributed by atoms with Crippen molar-refractivity contribution in [2.75, 3.05) is 6.61 Å². The fourth-order valence-electron chi connectivity index (χ4n) is 2.82. The van der Waals surface area contributed by atoms with Crippen LogP contribution in [0.4, 0.5) is 0 Å². The van der Waals surface area contributed by atoms with Crippen LogP contribution in [0.2, 0.25) is 0 Å². The molecule has 22 heavy (non-hydrogen) atoms. The van der Waals surface area contributed by atoms with Crippen LogP contribution in [0.15, 0.2) is 0 Å². The summed E-state index contributed by atoms with van der Waals surface area (Å²) in [6.07, 6.45) is 22.8. The highest BCUT2D eigenvalue weighted by molar-refractivity contribution is 4.98. The molecule has 0 aliphatic rings. The van der Waals surface area contributed by atoms with Crippen molar-refractivity contribution in [1.82, 2.24) is 0 Å². The summed E-state index contributed by atoms with van der Waals surface area (Å²) < 4.78 is 0. The van der Waals surface area contributed by atoms with Gasteiger partial charge in [0.2, 0.25) is 0 Å². The molecular weight excluding hydrogens is 268 g/mol. The monoisotopic (exact) mass is 308 g/mol. The molecule has 0 bridgehead atoms. The molecule has 1 heteroatoms. The van der Waals surface area contributed by atoms with Gasteiger partial charge in [0.15, 0.2) is 0 Å². The molecule has 0 spiro atoms. The normalized spacial score (nSPS) is 10.5. The van der Waals surface area contributed by atoms with Gasteiger partial charge in [-0.25, -0.2) is 0 Å². The number of unbranched alkanes of at least 4 members (excludes halogenated alkanes) is 15. The van der Waals surface area contributed by atoms with E-state index >= 15 is 0 Å². The number of aliphatic hydroxyl groups excluding tert-OH is 1. The summed E-state index contributed by atoms with van der Waals surface area (Å²) in [5.41, 5.74) is 0. The predicted octanol–water partition coefficient (Wildman–Crippen LogP) is 6.63. The van der Waals surface area contributed by atoms with Crippen molar-refractivity contribution < 1.29 is 5.11 Å². The average molecular weight is 309 g/mol. The molecule has 0 aromatic rings. The van der Waals surface area contributed by atoms with E-state index in [1.165, 1.54) is 96.3 Å². The fraction of sp³-hybridized carbons (Fsp3) is 0.905. The Kier molecular flexibility index (Phi) is 20.1. The van der Waals surface area contributed by atoms with Crippen molar-refractivity contribution in [2.45, 2.75) is 116 Å². The molecule has 0 aliphatic heterocycles. The molecule has 0 aromatic carbocycles. The summed E-state index contributed by atoms with van der Waals surface area (Å²) in [5.74, 6) is 6.11. The topological polar surface area (TPSA) is 20.2 Å². The molecule has 0 amide bonds. The van der Waals surface area contributed by atoms with Gasteiger partial charge < -0.3 is 5.11 Å². The standard InChI is InChI=1S/C21H40O/c1-2-3-4-5-6-7-8-9-10-11-12-13-14-15-16-17-18-19-20-21-22/h22H,2-17,20-21H2,1H3. The van der Waals surface area contributed by atoms with E-state index in [1.54, 1.807) is 0 Å². The summed E-state index contributed by atoms with van der Waals surface area (Å²) in [6, 6.07) is 0. The van der Waals surface area contributed by atoms with Crippen molar-refractivity contribution in [2.24, 2.45) is 0 Å². The highest BCUT2D eigenvalue weighted by atomic mass is 16.2. The lowest BCUT2D eigenvalue weighted by Gasteiger charge is -2.03. The van der Waals surface area contributed by atoms with Crippen molar-refractivity contribution in [3.63, 3.8) is 0 Å². The molecule has 0 aliphatic carbocycles. The van der Waals surface area contributed by atoms with Gasteiger partial charge in [0.05, 0.1) is 6.61 Å². The Balaban J connectivity index is 2.99. The molecule has 0 saturated carbocycles. The summed E-state index contributed by atoms with van der Waals surface area (Å²) in [4.78, 5) is 0. The van der Waals surface area contributed by atoms with E-state index in [0.29, 0.717) is 6.42 Å². The average Bonchev–Trinajstić information content (AvgIpc) is 2.54. The first kappa shape index (κ1) is 21.5. The largest absolute Gasteiger partial charge is 0.395 e. The van der Waals surface area contributed by atoms with Gasteiger partial charge in [0.1, 0.15) is 0 Å². The van der Waals surface area contributed by atoms with E-state index in [4.69, 9.17) is 5.11 Å². The smallest absolute Gasteiger partial charge is 0.0540 e. The summed E-state index contributed by atoms with van der Waals surface area (Å²) in [5, 5.41) is 8.60. The molecule has 0 aromatic heterocycles. The van der Waals surface area contributed by atoms with Gasteiger partial charge >= 0.3 is 0 Å². The first-order valence-electron chi connectivity index (χ1n) is 9.98. The van der Waals surface area contributed by atoms with Gasteiger partial charge in [-0.2, -0.15) is 0 Å². The first-order chi connectivity index (χ1) is 10.9. The number of hydrogen-bond acceptors (Lipinski definition) is 1. The van der Waals surface area contributed by atoms with Gasteiger partial charge in [0, 0.05) is 12.8 Å². The third-order valence-electron chi connectivity index (χ3n) is 4.27. The van der Waals surface area contributed by atoms with Crippen LogP contribution in [0.25, 0.3) is 0 Å². The zero-order chi connectivity index (χ0) is 16.1. The Morgan fingerprint density at radius 3 is 1.27 bits per heavy atom. The van der Waals surface area contributed by atoms with Crippen LogP contribution < -0.4 is 0 Å². The Morgan fingerprint density at radius 1 is 0.500 bits per heavy atom. The Labute approximate surface area is 140 Å². The zero-order valence-electron chi connectivity index (χ0n) is 15.2. The molecule has 0 heterocycles. The Morgan fingerprint density at radius 2 is 0.864 bits per heavy atom. The van der Waals surface area contributed by atoms with Crippen molar-refractivity contribution in [3.8, 4) is 11.8 Å². The van der Waals surface area contributed by atoms with E-state index in [1.807, 2.05) is 0 Å². The molecule has 0 rings (SSSR count). The lowest BCUT2D eigenvalue weighted by Crippen LogP contribution is -1.83. The fourth-order valence-corrected chi connectivity index (χ4v) is 2.82. The van der Waals surface area contributed by atoms with Gasteiger partial charge in [-0.3, -0.25) is 0 Å². The summed E-state index contributed by atoms with van der Waals surface area (Å²) >= 11 is 0. The van der Waals surface area contributed by atoms with E-state index in [-0.39, 0.29) is 6.61 Å². The second-order valence-corrected chi connectivity index (χ2v) is 6.53. The van der Waals surface area contributed by atoms with Crippen LogP contribution in [-0.2, 0) is 0 Å². The minimum atomic E-state index is 0.200. The minimum absolute atomic E-state index is 0.200. The van der Waals surface area contributed by atoms with E-state index in [0.717, 1.165) is 6.42 Å². The molecule has 0 radical (unpaired) electrons. The SMILES string of the molecule is CCCCCCCCCCCCCCCCCC#CCCO. The zero-order valence-corrected chi connectivity index (χ0v) is 15.2. The number of aliphatic hydroxyl groups is 1. The molecular formula is C21H40O. The van der Waals surface area contributed by atoms with Gasteiger partial charge in [-0.05, 0) is 6.42 Å². The molecule has 130 valence electrons. The quantitative estimate of drug-likeness (QED) is 0.250. The van der Waals surface area contributed by atoms with Crippen LogP contribution in [0.5, 0.6) is 0 Å². The molecule has 0 atom stereocenters. The molecule has 1 nitrogen and oxygen atoms in total. The van der Waals surface area contributed by atoms with Crippen LogP contribution in [0.1, 0.15) is 116 Å². The third-order valence-corrected chi connectivity index (χ3v) is 4.27. The van der Waals surface area contributed by atoms with Crippen molar-refractivity contribution >= 4 is 0 Å². The molecule has 0 fully saturated rings. The van der Waals surface area contributed by atoms with Crippen LogP contribution in [0, 0.1) is 11.8 Å². The Bertz CT molecular complexity index is 248. The Hall–Kier alpha value is -0.480. The highest BCUT2D eigenvalue weighted by Gasteiger charge is 1.94. The lowest BCUT2D eigenvalue weighted by atomic mass is 10.0. The second-order valence-electron chi connectivity index (χ2n) is 6.53. The first-order valence-corrected chi connectivity index (χ1v) is 9.98. The second kappa shape index (κ2) is 20.5. The predicted molar refractivity (Wildman–Crippen MR) is 99.0 cm³/mol. The maximum atomic E-state index is 8.60. The maximum absolute atomic E-state index is 8.60. The van der Waals surface area contributed by atoms with Gasteiger partial charge in [-0.1, -0.05) is 96.8 Å². The summed E-state index contributed by atoms with van der Waals surface area (Å²) in [7, 11) is 0. The minimum Gasteiger partial charge on any atom is -0.395 e. The van der Waals surface area contributed by atoms with Gasteiger partial charge in [0.25, 0.3) is 0 Å². The third kappa shape index (κ3) is 19.5. The molecule has 0 saturated heterocycles. The van der Waals surface area contributed by atoms with Crippen molar-refractivity contribution in [3.05, 3.63) is 0 Å². The summed E-state index contributed by atoms with van der Waals surface area (Å²) in [6.45, 7) is 2.49. The number of hydrogen-bond donors (Lipinski definition) is 1. The molecule has 0 unspecified atom stereocenters. The molecule has 1 N–H and O–H groups in total. The van der Waals surface area contributed by atoms with Crippen LogP contribution in [-0.4, -0.2) is 11.7 Å². The van der Waals surface area contributed by atoms with E-state index in [2.05, 4.69) is 18.8 Å². The van der Waals surface area contributed by atoms with Crippen molar-refractivity contribution in [1.29, 1.82) is 0 Å². The van der Waals surface area contributed by atoms with Crippen LogP contribution in [0.3, 0.4) is 0 Å². The highest BCUT2D eigenvalue weighted by Crippen LogP contribution is 2.13. The maximum Gasteiger partial charge on any atom is 0.0540 e. The van der Waals surface area contributed by atoms with E-state index < -0.39 is 0 Å². The van der Waals surface area contributed by atoms with Gasteiger partial charge in [-0.15, -0.1) is 11.8 Å².